The molecule has 2 heteroatoms. The molecule has 0 aromatic heterocycles. The van der Waals surface area contributed by atoms with Crippen molar-refractivity contribution in [3.8, 4) is 0 Å². The highest BCUT2D eigenvalue weighted by Gasteiger charge is 2.59. The maximum atomic E-state index is 12.0. The van der Waals surface area contributed by atoms with E-state index in [0.717, 1.165) is 29.6 Å². The molecule has 0 bridgehead atoms. The molecule has 0 amide bonds. The van der Waals surface area contributed by atoms with Crippen LogP contribution in [0.5, 0.6) is 0 Å². The largest absolute Gasteiger partial charge is 0.287 e. The van der Waals surface area contributed by atoms with Crippen molar-refractivity contribution in [3.63, 3.8) is 0 Å². The van der Waals surface area contributed by atoms with Crippen LogP contribution in [-0.4, -0.2) is 10.4 Å². The third kappa shape index (κ3) is 4.87. The lowest BCUT2D eigenvalue weighted by Crippen LogP contribution is -2.53. The van der Waals surface area contributed by atoms with E-state index in [1.54, 1.807) is 11.8 Å². The molecule has 0 aliphatic heterocycles. The van der Waals surface area contributed by atoms with E-state index in [2.05, 4.69) is 20.8 Å². The van der Waals surface area contributed by atoms with Crippen LogP contribution in [0.1, 0.15) is 137 Å². The molecule has 4 saturated carbocycles. The first kappa shape index (κ1) is 25.1. The normalized spacial score (nSPS) is 43.4. The van der Waals surface area contributed by atoms with Gasteiger partial charge in [-0.05, 0) is 105 Å². The van der Waals surface area contributed by atoms with Gasteiger partial charge < -0.3 is 0 Å². The van der Waals surface area contributed by atoms with Crippen LogP contribution in [0.3, 0.4) is 0 Å². The van der Waals surface area contributed by atoms with Crippen molar-refractivity contribution in [2.24, 2.45) is 40.4 Å². The van der Waals surface area contributed by atoms with Gasteiger partial charge in [-0.25, -0.2) is 0 Å². The second-order valence-electron chi connectivity index (χ2n) is 12.8. The highest BCUT2D eigenvalue weighted by molar-refractivity contribution is 8.14. The summed E-state index contributed by atoms with van der Waals surface area (Å²) in [6, 6.07) is 0. The van der Waals surface area contributed by atoms with E-state index in [9.17, 15) is 4.79 Å². The average Bonchev–Trinajstić information content (AvgIpc) is 3.12. The zero-order valence-electron chi connectivity index (χ0n) is 21.8. The maximum Gasteiger partial charge on any atom is 0.188 e. The molecule has 8 atom stereocenters. The number of hydrogen-bond donors (Lipinski definition) is 0. The van der Waals surface area contributed by atoms with E-state index in [4.69, 9.17) is 0 Å². The summed E-state index contributed by atoms with van der Waals surface area (Å²) in [7, 11) is 0. The van der Waals surface area contributed by atoms with Crippen molar-refractivity contribution in [2.75, 3.05) is 0 Å². The lowest BCUT2D eigenvalue weighted by atomic mass is 9.45. The number of thioether (sulfide) groups is 1. The van der Waals surface area contributed by atoms with E-state index < -0.39 is 0 Å². The predicted molar refractivity (Wildman–Crippen MR) is 140 cm³/mol. The van der Waals surface area contributed by atoms with Gasteiger partial charge in [0, 0.05) is 11.7 Å². The minimum absolute atomic E-state index is 0.420. The molecule has 1 nitrogen and oxygen atoms in total. The van der Waals surface area contributed by atoms with Crippen LogP contribution in [0.2, 0.25) is 0 Å². The fraction of sp³-hybridized carbons (Fsp3) is 0.967. The molecule has 0 aromatic carbocycles. The van der Waals surface area contributed by atoms with Crippen molar-refractivity contribution in [3.05, 3.63) is 0 Å². The molecule has 0 N–H and O–H groups in total. The number of carbonyl (C=O) groups is 1. The fourth-order valence-electron chi connectivity index (χ4n) is 9.35. The minimum atomic E-state index is 0.420. The average molecular weight is 461 g/mol. The van der Waals surface area contributed by atoms with Crippen LogP contribution in [0.15, 0.2) is 0 Å². The Hall–Kier alpha value is 0.0200. The topological polar surface area (TPSA) is 17.1 Å². The van der Waals surface area contributed by atoms with E-state index in [-0.39, 0.29) is 0 Å². The van der Waals surface area contributed by atoms with Gasteiger partial charge in [-0.3, -0.25) is 4.79 Å². The molecule has 0 aromatic rings. The lowest BCUT2D eigenvalue weighted by Gasteiger charge is -2.61. The van der Waals surface area contributed by atoms with Crippen molar-refractivity contribution >= 4 is 16.9 Å². The summed E-state index contributed by atoms with van der Waals surface area (Å²) in [4.78, 5) is 12.0. The van der Waals surface area contributed by atoms with E-state index in [1.165, 1.54) is 103 Å². The molecule has 0 unspecified atom stereocenters. The summed E-state index contributed by atoms with van der Waals surface area (Å²) in [6.45, 7) is 9.75. The molecule has 32 heavy (non-hydrogen) atoms. The molecule has 0 heterocycles. The molecule has 0 radical (unpaired) electrons. The lowest BCUT2D eigenvalue weighted by molar-refractivity contribution is -0.112. The van der Waals surface area contributed by atoms with Crippen molar-refractivity contribution in [1.29, 1.82) is 0 Å². The van der Waals surface area contributed by atoms with Crippen LogP contribution >= 0.6 is 11.8 Å². The quantitative estimate of drug-likeness (QED) is 0.319. The molecule has 184 valence electrons. The predicted octanol–water partition coefficient (Wildman–Crippen LogP) is 9.43. The molecular formula is C30H52OS. The molecule has 4 fully saturated rings. The first-order valence-corrected chi connectivity index (χ1v) is 15.5. The summed E-state index contributed by atoms with van der Waals surface area (Å²) in [5.41, 5.74) is 1.21. The maximum absolute atomic E-state index is 12.0. The molecule has 4 aliphatic rings. The Morgan fingerprint density at radius 2 is 1.53 bits per heavy atom. The Balaban J connectivity index is 1.35. The molecular weight excluding hydrogens is 408 g/mol. The zero-order valence-corrected chi connectivity index (χ0v) is 22.6. The molecule has 4 rings (SSSR count). The third-order valence-electron chi connectivity index (χ3n) is 11.3. The summed E-state index contributed by atoms with van der Waals surface area (Å²) in [5, 5.41) is 1.03. The summed E-state index contributed by atoms with van der Waals surface area (Å²) >= 11 is 1.69. The first-order chi connectivity index (χ1) is 15.4. The highest BCUT2D eigenvalue weighted by Crippen LogP contribution is 2.68. The van der Waals surface area contributed by atoms with Crippen molar-refractivity contribution in [1.82, 2.24) is 0 Å². The van der Waals surface area contributed by atoms with E-state index in [0.29, 0.717) is 27.6 Å². The van der Waals surface area contributed by atoms with Crippen molar-refractivity contribution in [2.45, 2.75) is 142 Å². The van der Waals surface area contributed by atoms with Gasteiger partial charge in [0.25, 0.3) is 0 Å². The van der Waals surface area contributed by atoms with Crippen LogP contribution < -0.4 is 0 Å². The first-order valence-electron chi connectivity index (χ1n) is 14.6. The summed E-state index contributed by atoms with van der Waals surface area (Å²) in [5.74, 6) is 4.88. The Labute approximate surface area is 204 Å². The summed E-state index contributed by atoms with van der Waals surface area (Å²) in [6.07, 6.45) is 23.9. The Bertz CT molecular complexity index is 630. The standard InChI is InChI=1S/C30H52OS/c1-5-7-8-9-10-11-12-22-14-16-26-25-15-13-23-21-24(32-28(31)6-2)17-19-30(23,4)27(25)18-20-29(22,26)3/h22-27H,5-21H2,1-4H3/t22-,23+,24+,25+,26-,27+,29-,30+/m1/s1. The molecule has 4 aliphatic carbocycles. The van der Waals surface area contributed by atoms with Gasteiger partial charge in [-0.2, -0.15) is 0 Å². The van der Waals surface area contributed by atoms with Crippen LogP contribution in [-0.2, 0) is 4.79 Å². The minimum Gasteiger partial charge on any atom is -0.287 e. The van der Waals surface area contributed by atoms with Crippen LogP contribution in [0.25, 0.3) is 0 Å². The fourth-order valence-corrected chi connectivity index (χ4v) is 10.5. The Kier molecular flexibility index (Phi) is 8.43. The number of rotatable bonds is 9. The summed E-state index contributed by atoms with van der Waals surface area (Å²) < 4.78 is 0. The SMILES string of the molecule is CCCCCCCC[C@@H]1CC[C@@H]2[C@@H]3CC[C@H]4C[C@@H](SC(=O)CC)CC[C@]4(C)[C@H]3CC[C@]12C. The van der Waals surface area contributed by atoms with Gasteiger partial charge in [0.1, 0.15) is 0 Å². The monoisotopic (exact) mass is 460 g/mol. The number of hydrogen-bond acceptors (Lipinski definition) is 2. The Morgan fingerprint density at radius 3 is 2.31 bits per heavy atom. The Morgan fingerprint density at radius 1 is 0.812 bits per heavy atom. The number of fused-ring (bicyclic) bond motifs is 5. The second-order valence-corrected chi connectivity index (χ2v) is 14.1. The zero-order chi connectivity index (χ0) is 22.8. The van der Waals surface area contributed by atoms with Gasteiger partial charge in [-0.1, -0.05) is 78.0 Å². The van der Waals surface area contributed by atoms with E-state index in [1.807, 2.05) is 6.92 Å². The number of unbranched alkanes of at least 4 members (excludes halogenated alkanes) is 5. The molecule has 0 spiro atoms. The van der Waals surface area contributed by atoms with Crippen LogP contribution in [0.4, 0.5) is 0 Å². The van der Waals surface area contributed by atoms with Crippen molar-refractivity contribution < 1.29 is 4.79 Å². The number of carbonyl (C=O) groups excluding carboxylic acids is 1. The highest BCUT2D eigenvalue weighted by atomic mass is 32.2. The molecule has 0 saturated heterocycles. The van der Waals surface area contributed by atoms with Crippen LogP contribution in [0, 0.1) is 40.4 Å². The second kappa shape index (κ2) is 10.7. The third-order valence-corrected chi connectivity index (χ3v) is 12.6. The van der Waals surface area contributed by atoms with Gasteiger partial charge >= 0.3 is 0 Å². The van der Waals surface area contributed by atoms with Gasteiger partial charge in [0.05, 0.1) is 0 Å². The van der Waals surface area contributed by atoms with Gasteiger partial charge in [0.15, 0.2) is 5.12 Å². The van der Waals surface area contributed by atoms with Gasteiger partial charge in [0.2, 0.25) is 0 Å². The smallest absolute Gasteiger partial charge is 0.188 e. The van der Waals surface area contributed by atoms with Gasteiger partial charge in [-0.15, -0.1) is 0 Å². The van der Waals surface area contributed by atoms with E-state index >= 15 is 0 Å².